The average Bonchev–Trinajstić information content (AvgIpc) is 1.57. The van der Waals surface area contributed by atoms with E-state index in [0.717, 1.165) is 0 Å². The second kappa shape index (κ2) is 4.10. The van der Waals surface area contributed by atoms with Crippen molar-refractivity contribution in [1.29, 1.82) is 0 Å². The van der Waals surface area contributed by atoms with Gasteiger partial charge in [-0.25, -0.2) is 0 Å². The zero-order valence-electron chi connectivity index (χ0n) is 6.81. The number of hydrogen-bond acceptors (Lipinski definition) is 1. The van der Waals surface area contributed by atoms with Crippen molar-refractivity contribution < 1.29 is 4.74 Å². The van der Waals surface area contributed by atoms with Crippen LogP contribution in [0.5, 0.6) is 0 Å². The maximum absolute atomic E-state index is 5.72. The molecular formula is C8H14NaO. The summed E-state index contributed by atoms with van der Waals surface area (Å²) in [5, 5.41) is 0. The Morgan fingerprint density at radius 2 is 1.20 bits per heavy atom. The molecule has 0 bridgehead atoms. The second-order valence-corrected chi connectivity index (χ2v) is 3.24. The Labute approximate surface area is 84.8 Å². The Morgan fingerprint density at radius 1 is 0.800 bits per heavy atom. The normalized spacial score (nSPS) is 26.4. The molecule has 0 aromatic rings. The fourth-order valence-electron chi connectivity index (χ4n) is 1.29. The fourth-order valence-corrected chi connectivity index (χ4v) is 1.29. The van der Waals surface area contributed by atoms with Crippen molar-refractivity contribution in [3.05, 3.63) is 0 Å². The van der Waals surface area contributed by atoms with E-state index >= 15 is 0 Å². The molecule has 0 amide bonds. The van der Waals surface area contributed by atoms with Gasteiger partial charge in [0, 0.05) is 29.6 Å². The first kappa shape index (κ1) is 9.05. The minimum atomic E-state index is 0. The van der Waals surface area contributed by atoms with Gasteiger partial charge in [-0.2, -0.15) is 0 Å². The third-order valence-corrected chi connectivity index (χ3v) is 2.49. The van der Waals surface area contributed by atoms with E-state index in [9.17, 15) is 0 Å². The smallest absolute Gasteiger partial charge is 0.0579 e. The van der Waals surface area contributed by atoms with E-state index in [1.165, 1.54) is 38.5 Å². The average molecular weight is 149 g/mol. The Balaban J connectivity index is 0.000000500. The summed E-state index contributed by atoms with van der Waals surface area (Å²) in [6.07, 6.45) is 9.44. The van der Waals surface area contributed by atoms with Gasteiger partial charge in [0.2, 0.25) is 0 Å². The van der Waals surface area contributed by atoms with Gasteiger partial charge in [0.1, 0.15) is 0 Å². The number of hydrogen-bond donors (Lipinski definition) is 0. The van der Waals surface area contributed by atoms with Gasteiger partial charge in [0.15, 0.2) is 0 Å². The first-order valence-electron chi connectivity index (χ1n) is 4.10. The van der Waals surface area contributed by atoms with Crippen LogP contribution in [-0.2, 0) is 4.74 Å². The van der Waals surface area contributed by atoms with E-state index in [4.69, 9.17) is 4.74 Å². The predicted octanol–water partition coefficient (Wildman–Crippen LogP) is 1.73. The Hall–Kier alpha value is 0.960. The van der Waals surface area contributed by atoms with Crippen molar-refractivity contribution in [2.75, 3.05) is 0 Å². The zero-order chi connectivity index (χ0) is 6.10. The van der Waals surface area contributed by atoms with Crippen molar-refractivity contribution in [1.82, 2.24) is 0 Å². The van der Waals surface area contributed by atoms with E-state index in [2.05, 4.69) is 0 Å². The molecule has 2 aliphatic rings. The van der Waals surface area contributed by atoms with Gasteiger partial charge in [0.25, 0.3) is 0 Å². The molecule has 0 atom stereocenters. The van der Waals surface area contributed by atoms with Gasteiger partial charge in [-0.15, -0.1) is 0 Å². The third-order valence-electron chi connectivity index (χ3n) is 2.49. The maximum Gasteiger partial charge on any atom is 0.0579 e. The van der Waals surface area contributed by atoms with Crippen molar-refractivity contribution in [2.24, 2.45) is 0 Å². The largest absolute Gasteiger partial charge is 0.375 e. The molecule has 0 N–H and O–H groups in total. The van der Waals surface area contributed by atoms with Gasteiger partial charge >= 0.3 is 0 Å². The molecule has 0 aliphatic heterocycles. The molecule has 0 aromatic heterocycles. The van der Waals surface area contributed by atoms with Crippen LogP contribution in [-0.4, -0.2) is 41.8 Å². The van der Waals surface area contributed by atoms with E-state index < -0.39 is 0 Å². The molecule has 0 heterocycles. The molecule has 0 spiro atoms. The van der Waals surface area contributed by atoms with Gasteiger partial charge in [-0.3, -0.25) is 0 Å². The van der Waals surface area contributed by atoms with Gasteiger partial charge < -0.3 is 4.74 Å². The first-order valence-corrected chi connectivity index (χ1v) is 4.10. The van der Waals surface area contributed by atoms with E-state index in [0.29, 0.717) is 12.2 Å². The van der Waals surface area contributed by atoms with Crippen LogP contribution in [0.25, 0.3) is 0 Å². The summed E-state index contributed by atoms with van der Waals surface area (Å²) in [5.41, 5.74) is 0. The molecule has 1 radical (unpaired) electrons. The Kier molecular flexibility index (Phi) is 3.71. The number of ether oxygens (including phenoxy) is 1. The minimum absolute atomic E-state index is 0. The van der Waals surface area contributed by atoms with Gasteiger partial charge in [-0.1, -0.05) is 0 Å². The van der Waals surface area contributed by atoms with Crippen LogP contribution in [0.4, 0.5) is 0 Å². The molecule has 0 aromatic carbocycles. The van der Waals surface area contributed by atoms with Crippen molar-refractivity contribution in [3.63, 3.8) is 0 Å². The van der Waals surface area contributed by atoms with Crippen LogP contribution < -0.4 is 0 Å². The first-order chi connectivity index (χ1) is 4.45. The molecule has 0 saturated heterocycles. The summed E-state index contributed by atoms with van der Waals surface area (Å²) in [7, 11) is 0. The van der Waals surface area contributed by atoms with Crippen molar-refractivity contribution in [2.45, 2.75) is 50.7 Å². The molecule has 2 heteroatoms. The fraction of sp³-hybridized carbons (Fsp3) is 1.00. The monoisotopic (exact) mass is 149 g/mol. The Bertz CT molecular complexity index is 85.4. The van der Waals surface area contributed by atoms with Crippen LogP contribution in [0.2, 0.25) is 0 Å². The second-order valence-electron chi connectivity index (χ2n) is 3.24. The summed E-state index contributed by atoms with van der Waals surface area (Å²) in [4.78, 5) is 0. The van der Waals surface area contributed by atoms with E-state index in [1.54, 1.807) is 0 Å². The molecule has 2 saturated carbocycles. The molecule has 53 valence electrons. The standard InChI is InChI=1S/C8H14O.Na/c1-3-7(4-1)9-8-5-2-6-8;/h7-8H,1-6H2;. The maximum atomic E-state index is 5.72. The SMILES string of the molecule is C1CC(OC2CCC2)C1.[Na]. The predicted molar refractivity (Wildman–Crippen MR) is 42.1 cm³/mol. The summed E-state index contributed by atoms with van der Waals surface area (Å²) in [6, 6.07) is 0. The van der Waals surface area contributed by atoms with Crippen LogP contribution in [0.3, 0.4) is 0 Å². The summed E-state index contributed by atoms with van der Waals surface area (Å²) < 4.78 is 5.72. The number of rotatable bonds is 2. The van der Waals surface area contributed by atoms with Crippen LogP contribution in [0.15, 0.2) is 0 Å². The summed E-state index contributed by atoms with van der Waals surface area (Å²) in [6.45, 7) is 0. The van der Waals surface area contributed by atoms with Gasteiger partial charge in [-0.05, 0) is 38.5 Å². The van der Waals surface area contributed by atoms with E-state index in [1.807, 2.05) is 0 Å². The van der Waals surface area contributed by atoms with Crippen LogP contribution in [0.1, 0.15) is 38.5 Å². The molecule has 2 fully saturated rings. The molecule has 1 nitrogen and oxygen atoms in total. The Morgan fingerprint density at radius 3 is 1.40 bits per heavy atom. The zero-order valence-corrected chi connectivity index (χ0v) is 8.81. The van der Waals surface area contributed by atoms with Crippen LogP contribution >= 0.6 is 0 Å². The summed E-state index contributed by atoms with van der Waals surface area (Å²) >= 11 is 0. The molecular weight excluding hydrogens is 135 g/mol. The van der Waals surface area contributed by atoms with Gasteiger partial charge in [0.05, 0.1) is 12.2 Å². The van der Waals surface area contributed by atoms with E-state index in [-0.39, 0.29) is 29.6 Å². The minimum Gasteiger partial charge on any atom is -0.375 e. The van der Waals surface area contributed by atoms with Crippen molar-refractivity contribution in [3.8, 4) is 0 Å². The third kappa shape index (κ3) is 1.97. The van der Waals surface area contributed by atoms with Crippen molar-refractivity contribution >= 4 is 29.6 Å². The van der Waals surface area contributed by atoms with Crippen LogP contribution in [0, 0.1) is 0 Å². The topological polar surface area (TPSA) is 9.23 Å². The quantitative estimate of drug-likeness (QED) is 0.543. The molecule has 2 aliphatic carbocycles. The molecule has 2 rings (SSSR count). The molecule has 10 heavy (non-hydrogen) atoms. The molecule has 0 unspecified atom stereocenters. The summed E-state index contributed by atoms with van der Waals surface area (Å²) in [5.74, 6) is 0.